The highest BCUT2D eigenvalue weighted by Gasteiger charge is 2.08. The topological polar surface area (TPSA) is 24.5 Å². The Morgan fingerprint density at radius 3 is 2.47 bits per heavy atom. The monoisotopic (exact) mass is 252 g/mol. The summed E-state index contributed by atoms with van der Waals surface area (Å²) in [6, 6.07) is 7.84. The molecule has 17 heavy (non-hydrogen) atoms. The van der Waals surface area contributed by atoms with Crippen molar-refractivity contribution in [3.8, 4) is 5.75 Å². The van der Waals surface area contributed by atoms with Gasteiger partial charge in [0.2, 0.25) is 0 Å². The van der Waals surface area contributed by atoms with Crippen LogP contribution in [0.1, 0.15) is 20.8 Å². The fraction of sp³-hybridized carbons (Fsp3) is 0.462. The molecular formula is C13H20N2OS. The van der Waals surface area contributed by atoms with Gasteiger partial charge in [0, 0.05) is 13.1 Å². The molecule has 0 aliphatic rings. The quantitative estimate of drug-likeness (QED) is 0.814. The second-order valence-electron chi connectivity index (χ2n) is 3.53. The number of nitrogens with one attached hydrogen (secondary N) is 1. The number of anilines is 1. The van der Waals surface area contributed by atoms with Gasteiger partial charge in [0.1, 0.15) is 5.75 Å². The molecule has 0 unspecified atom stereocenters. The molecule has 1 aromatic carbocycles. The van der Waals surface area contributed by atoms with Crippen LogP contribution in [0.3, 0.4) is 0 Å². The maximum Gasteiger partial charge on any atom is 0.173 e. The molecular weight excluding hydrogens is 232 g/mol. The third kappa shape index (κ3) is 3.89. The summed E-state index contributed by atoms with van der Waals surface area (Å²) in [4.78, 5) is 2.10. The molecule has 0 radical (unpaired) electrons. The van der Waals surface area contributed by atoms with E-state index in [9.17, 15) is 0 Å². The largest absolute Gasteiger partial charge is 0.492 e. The fourth-order valence-electron chi connectivity index (χ4n) is 1.56. The van der Waals surface area contributed by atoms with E-state index in [0.29, 0.717) is 6.61 Å². The molecule has 0 saturated heterocycles. The lowest BCUT2D eigenvalue weighted by atomic mass is 10.3. The van der Waals surface area contributed by atoms with Gasteiger partial charge in [-0.1, -0.05) is 12.1 Å². The number of hydrogen-bond donors (Lipinski definition) is 1. The highest BCUT2D eigenvalue weighted by molar-refractivity contribution is 7.80. The summed E-state index contributed by atoms with van der Waals surface area (Å²) in [7, 11) is 0. The minimum atomic E-state index is 0.650. The number of para-hydroxylation sites is 2. The number of thiocarbonyl (C=S) groups is 1. The Kier molecular flexibility index (Phi) is 5.77. The van der Waals surface area contributed by atoms with Gasteiger partial charge >= 0.3 is 0 Å². The lowest BCUT2D eigenvalue weighted by Gasteiger charge is -2.23. The number of ether oxygens (including phenoxy) is 1. The minimum absolute atomic E-state index is 0.650. The molecule has 0 saturated carbocycles. The van der Waals surface area contributed by atoms with Crippen LogP contribution >= 0.6 is 12.2 Å². The SMILES string of the molecule is CCOc1ccccc1NC(=S)N(CC)CC. The lowest BCUT2D eigenvalue weighted by molar-refractivity contribution is 0.342. The molecule has 0 aromatic heterocycles. The fourth-order valence-corrected chi connectivity index (χ4v) is 1.92. The molecule has 1 N–H and O–H groups in total. The third-order valence-electron chi connectivity index (χ3n) is 2.48. The Labute approximate surface area is 109 Å². The second kappa shape index (κ2) is 7.12. The number of hydrogen-bond acceptors (Lipinski definition) is 2. The molecule has 0 amide bonds. The Balaban J connectivity index is 2.76. The third-order valence-corrected chi connectivity index (χ3v) is 2.84. The van der Waals surface area contributed by atoms with Crippen molar-refractivity contribution < 1.29 is 4.74 Å². The van der Waals surface area contributed by atoms with Crippen LogP contribution in [-0.4, -0.2) is 29.7 Å². The highest BCUT2D eigenvalue weighted by Crippen LogP contribution is 2.23. The zero-order valence-corrected chi connectivity index (χ0v) is 11.5. The van der Waals surface area contributed by atoms with Gasteiger partial charge in [0.15, 0.2) is 5.11 Å². The Morgan fingerprint density at radius 2 is 1.88 bits per heavy atom. The van der Waals surface area contributed by atoms with E-state index in [2.05, 4.69) is 24.1 Å². The number of rotatable bonds is 5. The van der Waals surface area contributed by atoms with E-state index in [-0.39, 0.29) is 0 Å². The molecule has 0 fully saturated rings. The van der Waals surface area contributed by atoms with E-state index in [4.69, 9.17) is 17.0 Å². The maximum atomic E-state index is 5.54. The van der Waals surface area contributed by atoms with Gasteiger partial charge in [0.25, 0.3) is 0 Å². The first kappa shape index (κ1) is 13.8. The van der Waals surface area contributed by atoms with Gasteiger partial charge < -0.3 is 15.0 Å². The second-order valence-corrected chi connectivity index (χ2v) is 3.92. The summed E-state index contributed by atoms with van der Waals surface area (Å²) in [5, 5.41) is 3.97. The molecule has 0 aliphatic carbocycles. The van der Waals surface area contributed by atoms with Crippen molar-refractivity contribution in [1.82, 2.24) is 4.90 Å². The van der Waals surface area contributed by atoms with Gasteiger partial charge in [-0.25, -0.2) is 0 Å². The van der Waals surface area contributed by atoms with Crippen LogP contribution in [0, 0.1) is 0 Å². The standard InChI is InChI=1S/C13H20N2OS/c1-4-15(5-2)13(17)14-11-9-7-8-10-12(11)16-6-3/h7-10H,4-6H2,1-3H3,(H,14,17). The lowest BCUT2D eigenvalue weighted by Crippen LogP contribution is -2.34. The van der Waals surface area contributed by atoms with Crippen LogP contribution in [0.25, 0.3) is 0 Å². The predicted molar refractivity (Wildman–Crippen MR) is 76.8 cm³/mol. The zero-order valence-electron chi connectivity index (χ0n) is 10.7. The van der Waals surface area contributed by atoms with Gasteiger partial charge in [-0.15, -0.1) is 0 Å². The summed E-state index contributed by atoms with van der Waals surface area (Å²) in [6.07, 6.45) is 0. The van der Waals surface area contributed by atoms with E-state index < -0.39 is 0 Å². The molecule has 0 heterocycles. The van der Waals surface area contributed by atoms with Gasteiger partial charge in [-0.05, 0) is 45.1 Å². The van der Waals surface area contributed by atoms with Crippen molar-refractivity contribution in [3.05, 3.63) is 24.3 Å². The number of benzene rings is 1. The van der Waals surface area contributed by atoms with Crippen molar-refractivity contribution >= 4 is 23.0 Å². The minimum Gasteiger partial charge on any atom is -0.492 e. The summed E-state index contributed by atoms with van der Waals surface area (Å²) >= 11 is 5.36. The average molecular weight is 252 g/mol. The van der Waals surface area contributed by atoms with Gasteiger partial charge in [-0.3, -0.25) is 0 Å². The molecule has 1 rings (SSSR count). The molecule has 1 aromatic rings. The van der Waals surface area contributed by atoms with Crippen LogP contribution < -0.4 is 10.1 Å². The van der Waals surface area contributed by atoms with Crippen molar-refractivity contribution in [3.63, 3.8) is 0 Å². The van der Waals surface area contributed by atoms with Crippen molar-refractivity contribution in [2.75, 3.05) is 25.0 Å². The molecule has 94 valence electrons. The van der Waals surface area contributed by atoms with E-state index >= 15 is 0 Å². The van der Waals surface area contributed by atoms with E-state index in [1.165, 1.54) is 0 Å². The smallest absolute Gasteiger partial charge is 0.173 e. The molecule has 0 aliphatic heterocycles. The first-order chi connectivity index (χ1) is 8.22. The van der Waals surface area contributed by atoms with Crippen LogP contribution in [-0.2, 0) is 0 Å². The first-order valence-electron chi connectivity index (χ1n) is 6.00. The number of nitrogens with zero attached hydrogens (tertiary/aromatic N) is 1. The molecule has 0 spiro atoms. The Morgan fingerprint density at radius 1 is 1.24 bits per heavy atom. The molecule has 3 nitrogen and oxygen atoms in total. The zero-order chi connectivity index (χ0) is 12.7. The van der Waals surface area contributed by atoms with E-state index in [1.54, 1.807) is 0 Å². The van der Waals surface area contributed by atoms with Crippen LogP contribution in [0.2, 0.25) is 0 Å². The summed E-state index contributed by atoms with van der Waals surface area (Å²) in [5.74, 6) is 0.838. The average Bonchev–Trinajstić information content (AvgIpc) is 2.33. The van der Waals surface area contributed by atoms with Crippen LogP contribution in [0.4, 0.5) is 5.69 Å². The molecule has 4 heteroatoms. The van der Waals surface area contributed by atoms with Crippen LogP contribution in [0.15, 0.2) is 24.3 Å². The first-order valence-corrected chi connectivity index (χ1v) is 6.41. The van der Waals surface area contributed by atoms with Gasteiger partial charge in [-0.2, -0.15) is 0 Å². The predicted octanol–water partition coefficient (Wildman–Crippen LogP) is 3.12. The maximum absolute atomic E-state index is 5.54. The molecule has 0 atom stereocenters. The Bertz CT molecular complexity index is 364. The van der Waals surface area contributed by atoms with E-state index in [1.807, 2.05) is 31.2 Å². The summed E-state index contributed by atoms with van der Waals surface area (Å²) in [5.41, 5.74) is 0.922. The summed E-state index contributed by atoms with van der Waals surface area (Å²) in [6.45, 7) is 8.60. The van der Waals surface area contributed by atoms with Gasteiger partial charge in [0.05, 0.1) is 12.3 Å². The molecule has 0 bridgehead atoms. The highest BCUT2D eigenvalue weighted by atomic mass is 32.1. The van der Waals surface area contributed by atoms with Crippen molar-refractivity contribution in [2.45, 2.75) is 20.8 Å². The van der Waals surface area contributed by atoms with Crippen molar-refractivity contribution in [1.29, 1.82) is 0 Å². The van der Waals surface area contributed by atoms with E-state index in [0.717, 1.165) is 29.6 Å². The Hall–Kier alpha value is -1.29. The normalized spacial score (nSPS) is 9.82. The van der Waals surface area contributed by atoms with Crippen molar-refractivity contribution in [2.24, 2.45) is 0 Å². The van der Waals surface area contributed by atoms with Crippen LogP contribution in [0.5, 0.6) is 5.75 Å². The summed E-state index contributed by atoms with van der Waals surface area (Å²) < 4.78 is 5.54.